The normalized spacial score (nSPS) is 10.6. The Balaban J connectivity index is 2.43. The molecule has 1 heterocycles. The number of nitrogens with two attached hydrogens (primary N) is 2. The monoisotopic (exact) mass is 287 g/mol. The number of carbonyl (C=O) groups excluding carboxylic acids is 1. The molecule has 0 saturated carbocycles. The van der Waals surface area contributed by atoms with Crippen LogP contribution in [0.4, 0.5) is 11.5 Å². The van der Waals surface area contributed by atoms with Crippen LogP contribution in [0.3, 0.4) is 0 Å². The first-order valence-corrected chi connectivity index (χ1v) is 6.87. The number of aromatic nitrogens is 2. The first-order valence-electron chi connectivity index (χ1n) is 6.87. The molecule has 6 nitrogen and oxygen atoms in total. The molecule has 0 fully saturated rings. The van der Waals surface area contributed by atoms with Crippen molar-refractivity contribution < 1.29 is 4.79 Å². The van der Waals surface area contributed by atoms with Crippen LogP contribution >= 0.6 is 0 Å². The minimum Gasteiger partial charge on any atom is -0.398 e. The average Bonchev–Trinajstić information content (AvgIpc) is 2.73. The van der Waals surface area contributed by atoms with E-state index in [0.717, 1.165) is 17.1 Å². The van der Waals surface area contributed by atoms with Crippen molar-refractivity contribution in [2.24, 2.45) is 12.8 Å². The van der Waals surface area contributed by atoms with Gasteiger partial charge in [-0.3, -0.25) is 9.48 Å². The zero-order valence-electron chi connectivity index (χ0n) is 12.6. The number of amides is 1. The second-order valence-corrected chi connectivity index (χ2v) is 4.98. The maximum Gasteiger partial charge on any atom is 0.254 e. The number of para-hydroxylation sites is 1. The van der Waals surface area contributed by atoms with Gasteiger partial charge in [-0.05, 0) is 25.5 Å². The van der Waals surface area contributed by atoms with Gasteiger partial charge in [0.15, 0.2) is 0 Å². The minimum atomic E-state index is -0.463. The second kappa shape index (κ2) is 5.87. The Morgan fingerprint density at radius 1 is 1.38 bits per heavy atom. The van der Waals surface area contributed by atoms with Gasteiger partial charge in [-0.2, -0.15) is 5.10 Å². The maximum atomic E-state index is 11.7. The van der Waals surface area contributed by atoms with Gasteiger partial charge in [0.1, 0.15) is 11.4 Å². The summed E-state index contributed by atoms with van der Waals surface area (Å²) in [6.07, 6.45) is 0. The van der Waals surface area contributed by atoms with E-state index in [4.69, 9.17) is 11.5 Å². The molecule has 0 aliphatic heterocycles. The molecule has 21 heavy (non-hydrogen) atoms. The van der Waals surface area contributed by atoms with Crippen molar-refractivity contribution >= 4 is 17.4 Å². The molecule has 0 atom stereocenters. The van der Waals surface area contributed by atoms with Crippen molar-refractivity contribution in [3.63, 3.8) is 0 Å². The van der Waals surface area contributed by atoms with E-state index in [0.29, 0.717) is 24.3 Å². The summed E-state index contributed by atoms with van der Waals surface area (Å²) in [6, 6.07) is 7.69. The van der Waals surface area contributed by atoms with Crippen LogP contribution in [0.5, 0.6) is 0 Å². The highest BCUT2D eigenvalue weighted by Crippen LogP contribution is 2.25. The number of nitrogens with zero attached hydrogens (tertiary/aromatic N) is 3. The van der Waals surface area contributed by atoms with Crippen LogP contribution in [0, 0.1) is 6.92 Å². The average molecular weight is 287 g/mol. The van der Waals surface area contributed by atoms with Gasteiger partial charge in [-0.15, -0.1) is 0 Å². The molecule has 1 amide bonds. The lowest BCUT2D eigenvalue weighted by molar-refractivity contribution is 0.1000. The number of carbonyl (C=O) groups is 1. The van der Waals surface area contributed by atoms with Gasteiger partial charge in [0.2, 0.25) is 0 Å². The molecule has 1 aromatic carbocycles. The molecule has 112 valence electrons. The number of hydrogen-bond acceptors (Lipinski definition) is 4. The largest absolute Gasteiger partial charge is 0.398 e. The Kier molecular flexibility index (Phi) is 4.16. The zero-order valence-corrected chi connectivity index (χ0v) is 12.6. The predicted molar refractivity (Wildman–Crippen MR) is 84.0 cm³/mol. The summed E-state index contributed by atoms with van der Waals surface area (Å²) in [4.78, 5) is 13.8. The van der Waals surface area contributed by atoms with E-state index in [1.54, 1.807) is 11.6 Å². The molecule has 0 aliphatic rings. The van der Waals surface area contributed by atoms with E-state index in [1.807, 2.05) is 43.1 Å². The molecule has 2 rings (SSSR count). The Labute approximate surface area is 124 Å². The Morgan fingerprint density at radius 2 is 2.05 bits per heavy atom. The first kappa shape index (κ1) is 14.9. The van der Waals surface area contributed by atoms with Crippen LogP contribution in [-0.2, 0) is 13.6 Å². The van der Waals surface area contributed by atoms with Crippen LogP contribution in [0.1, 0.15) is 28.5 Å². The molecular weight excluding hydrogens is 266 g/mol. The molecule has 0 unspecified atom stereocenters. The quantitative estimate of drug-likeness (QED) is 0.814. The second-order valence-electron chi connectivity index (χ2n) is 4.98. The van der Waals surface area contributed by atoms with Crippen molar-refractivity contribution in [3.8, 4) is 0 Å². The highest BCUT2D eigenvalue weighted by atomic mass is 16.1. The lowest BCUT2D eigenvalue weighted by Crippen LogP contribution is -2.28. The summed E-state index contributed by atoms with van der Waals surface area (Å²) in [5, 5.41) is 4.31. The number of hydrogen-bond donors (Lipinski definition) is 2. The molecule has 6 heteroatoms. The standard InChI is InChI=1S/C15H21N5O/c1-4-20(9-11-7-5-6-8-12(11)16)15-13(14(17)21)10(2)18-19(15)3/h5-8H,4,9,16H2,1-3H3,(H2,17,21). The number of benzene rings is 1. The fraction of sp³-hybridized carbons (Fsp3) is 0.333. The van der Waals surface area contributed by atoms with Gasteiger partial charge in [0, 0.05) is 25.8 Å². The highest BCUT2D eigenvalue weighted by Gasteiger charge is 2.22. The summed E-state index contributed by atoms with van der Waals surface area (Å²) >= 11 is 0. The van der Waals surface area contributed by atoms with Gasteiger partial charge in [0.05, 0.1) is 5.69 Å². The highest BCUT2D eigenvalue weighted by molar-refractivity contribution is 5.99. The van der Waals surface area contributed by atoms with Gasteiger partial charge in [0.25, 0.3) is 5.91 Å². The third-order valence-electron chi connectivity index (χ3n) is 3.54. The molecule has 0 aliphatic carbocycles. The Morgan fingerprint density at radius 3 is 2.62 bits per heavy atom. The third-order valence-corrected chi connectivity index (χ3v) is 3.54. The number of anilines is 2. The van der Waals surface area contributed by atoms with Crippen LogP contribution in [0.25, 0.3) is 0 Å². The smallest absolute Gasteiger partial charge is 0.254 e. The number of primary amides is 1. The zero-order chi connectivity index (χ0) is 15.6. The lowest BCUT2D eigenvalue weighted by atomic mass is 10.1. The van der Waals surface area contributed by atoms with Gasteiger partial charge in [-0.25, -0.2) is 0 Å². The van der Waals surface area contributed by atoms with E-state index in [-0.39, 0.29) is 0 Å². The fourth-order valence-corrected chi connectivity index (χ4v) is 2.52. The van der Waals surface area contributed by atoms with Crippen LogP contribution < -0.4 is 16.4 Å². The summed E-state index contributed by atoms with van der Waals surface area (Å²) in [5.41, 5.74) is 14.3. The first-order chi connectivity index (χ1) is 9.95. The lowest BCUT2D eigenvalue weighted by Gasteiger charge is -2.24. The van der Waals surface area contributed by atoms with E-state index >= 15 is 0 Å². The summed E-state index contributed by atoms with van der Waals surface area (Å²) in [6.45, 7) is 5.12. The Hall–Kier alpha value is -2.50. The van der Waals surface area contributed by atoms with Gasteiger partial charge < -0.3 is 16.4 Å². The van der Waals surface area contributed by atoms with E-state index in [2.05, 4.69) is 5.10 Å². The molecule has 0 bridgehead atoms. The molecule has 2 aromatic rings. The third kappa shape index (κ3) is 2.84. The van der Waals surface area contributed by atoms with E-state index in [9.17, 15) is 4.79 Å². The molecular formula is C15H21N5O. The number of rotatable bonds is 5. The van der Waals surface area contributed by atoms with Gasteiger partial charge >= 0.3 is 0 Å². The van der Waals surface area contributed by atoms with Crippen LogP contribution in [0.2, 0.25) is 0 Å². The van der Waals surface area contributed by atoms with Gasteiger partial charge in [-0.1, -0.05) is 18.2 Å². The SMILES string of the molecule is CCN(Cc1ccccc1N)c1c(C(N)=O)c(C)nn1C. The number of aryl methyl sites for hydroxylation is 2. The predicted octanol–water partition coefficient (Wildman–Crippen LogP) is 1.44. The summed E-state index contributed by atoms with van der Waals surface area (Å²) < 4.78 is 1.69. The summed E-state index contributed by atoms with van der Waals surface area (Å²) in [7, 11) is 1.81. The molecule has 0 spiro atoms. The minimum absolute atomic E-state index is 0.463. The van der Waals surface area contributed by atoms with Crippen molar-refractivity contribution in [1.29, 1.82) is 0 Å². The van der Waals surface area contributed by atoms with E-state index in [1.165, 1.54) is 0 Å². The van der Waals surface area contributed by atoms with Crippen LogP contribution in [0.15, 0.2) is 24.3 Å². The van der Waals surface area contributed by atoms with Crippen molar-refractivity contribution in [2.45, 2.75) is 20.4 Å². The van der Waals surface area contributed by atoms with E-state index < -0.39 is 5.91 Å². The van der Waals surface area contributed by atoms with Crippen LogP contribution in [-0.4, -0.2) is 22.2 Å². The molecule has 0 radical (unpaired) electrons. The molecule has 1 aromatic heterocycles. The summed E-state index contributed by atoms with van der Waals surface area (Å²) in [5.74, 6) is 0.265. The number of nitrogen functional groups attached to an aromatic ring is 1. The van der Waals surface area contributed by atoms with Crippen molar-refractivity contribution in [2.75, 3.05) is 17.2 Å². The van der Waals surface area contributed by atoms with Crippen molar-refractivity contribution in [3.05, 3.63) is 41.1 Å². The maximum absolute atomic E-state index is 11.7. The molecule has 4 N–H and O–H groups in total. The fourth-order valence-electron chi connectivity index (χ4n) is 2.52. The van der Waals surface area contributed by atoms with Crippen molar-refractivity contribution in [1.82, 2.24) is 9.78 Å². The Bertz CT molecular complexity index is 662. The molecule has 0 saturated heterocycles. The topological polar surface area (TPSA) is 90.2 Å².